The van der Waals surface area contributed by atoms with Crippen LogP contribution in [0.5, 0.6) is 0 Å². The third kappa shape index (κ3) is 1.50. The zero-order valence-corrected chi connectivity index (χ0v) is 7.79. The number of rotatable bonds is 0. The Balaban J connectivity index is 2.01. The van der Waals surface area contributed by atoms with Crippen LogP contribution in [0.3, 0.4) is 0 Å². The van der Waals surface area contributed by atoms with Crippen molar-refractivity contribution in [2.24, 2.45) is 5.92 Å². The average molecular weight is 169 g/mol. The summed E-state index contributed by atoms with van der Waals surface area (Å²) in [4.78, 5) is 0. The predicted molar refractivity (Wildman–Crippen MR) is 49.0 cm³/mol. The highest BCUT2D eigenvalue weighted by molar-refractivity contribution is 4.92. The van der Waals surface area contributed by atoms with E-state index in [9.17, 15) is 5.11 Å². The van der Waals surface area contributed by atoms with Crippen LogP contribution in [0, 0.1) is 5.92 Å². The highest BCUT2D eigenvalue weighted by atomic mass is 16.3. The lowest BCUT2D eigenvalue weighted by Gasteiger charge is -2.42. The summed E-state index contributed by atoms with van der Waals surface area (Å²) in [6.07, 6.45) is 6.06. The summed E-state index contributed by atoms with van der Waals surface area (Å²) < 4.78 is 0. The Labute approximate surface area is 74.4 Å². The van der Waals surface area contributed by atoms with Crippen LogP contribution < -0.4 is 5.32 Å². The molecule has 70 valence electrons. The lowest BCUT2D eigenvalue weighted by Crippen LogP contribution is -2.53. The minimum atomic E-state index is -0.0356. The summed E-state index contributed by atoms with van der Waals surface area (Å²) in [7, 11) is 0. The standard InChI is InChI=1S/C10H19NO/c1-7-6-10(12)8-4-2-3-5-9(8)11-7/h7-12H,2-6H2,1H3/t7-,8+,9+,10+/m1/s1. The molecule has 1 saturated carbocycles. The lowest BCUT2D eigenvalue weighted by atomic mass is 9.76. The molecule has 0 amide bonds. The van der Waals surface area contributed by atoms with Crippen LogP contribution >= 0.6 is 0 Å². The molecule has 0 aromatic rings. The molecule has 2 aliphatic rings. The van der Waals surface area contributed by atoms with Crippen molar-refractivity contribution in [3.63, 3.8) is 0 Å². The molecule has 2 fully saturated rings. The maximum absolute atomic E-state index is 9.83. The van der Waals surface area contributed by atoms with Crippen LogP contribution in [0.4, 0.5) is 0 Å². The number of aliphatic hydroxyl groups excluding tert-OH is 1. The van der Waals surface area contributed by atoms with Crippen LogP contribution in [0.25, 0.3) is 0 Å². The minimum absolute atomic E-state index is 0.0356. The Bertz CT molecular complexity index is 160. The second-order valence-corrected chi connectivity index (χ2v) is 4.43. The summed E-state index contributed by atoms with van der Waals surface area (Å²) in [5.74, 6) is 0.551. The van der Waals surface area contributed by atoms with Crippen molar-refractivity contribution in [2.45, 2.75) is 57.2 Å². The Hall–Kier alpha value is -0.0800. The first-order chi connectivity index (χ1) is 5.77. The molecule has 1 aliphatic heterocycles. The normalized spacial score (nSPS) is 48.5. The van der Waals surface area contributed by atoms with Gasteiger partial charge in [-0.1, -0.05) is 12.8 Å². The van der Waals surface area contributed by atoms with E-state index >= 15 is 0 Å². The zero-order valence-electron chi connectivity index (χ0n) is 7.79. The van der Waals surface area contributed by atoms with E-state index in [4.69, 9.17) is 0 Å². The number of aliphatic hydroxyl groups is 1. The fourth-order valence-electron chi connectivity index (χ4n) is 2.80. The fourth-order valence-corrected chi connectivity index (χ4v) is 2.80. The van der Waals surface area contributed by atoms with E-state index in [1.165, 1.54) is 25.7 Å². The van der Waals surface area contributed by atoms with Crippen LogP contribution in [0.15, 0.2) is 0 Å². The molecule has 2 heteroatoms. The molecule has 1 saturated heterocycles. The van der Waals surface area contributed by atoms with E-state index < -0.39 is 0 Å². The average Bonchev–Trinajstić information content (AvgIpc) is 2.04. The molecule has 0 radical (unpaired) electrons. The first kappa shape index (κ1) is 8.52. The number of hydrogen-bond acceptors (Lipinski definition) is 2. The number of hydrogen-bond donors (Lipinski definition) is 2. The number of piperidine rings is 1. The van der Waals surface area contributed by atoms with Gasteiger partial charge in [0, 0.05) is 18.0 Å². The first-order valence-corrected chi connectivity index (χ1v) is 5.21. The molecular formula is C10H19NO. The molecule has 4 atom stereocenters. The van der Waals surface area contributed by atoms with Gasteiger partial charge in [0.15, 0.2) is 0 Å². The Morgan fingerprint density at radius 1 is 1.25 bits per heavy atom. The van der Waals surface area contributed by atoms with E-state index in [1.54, 1.807) is 0 Å². The van der Waals surface area contributed by atoms with E-state index in [2.05, 4.69) is 12.2 Å². The van der Waals surface area contributed by atoms with Crippen LogP contribution in [-0.4, -0.2) is 23.3 Å². The van der Waals surface area contributed by atoms with Crippen molar-refractivity contribution in [1.82, 2.24) is 5.32 Å². The molecule has 0 bridgehead atoms. The van der Waals surface area contributed by atoms with Gasteiger partial charge in [-0.15, -0.1) is 0 Å². The summed E-state index contributed by atoms with van der Waals surface area (Å²) in [5, 5.41) is 13.4. The SMILES string of the molecule is C[C@@H]1C[C@H](O)[C@H]2CCCC[C@@H]2N1. The fraction of sp³-hybridized carbons (Fsp3) is 1.00. The zero-order chi connectivity index (χ0) is 8.55. The largest absolute Gasteiger partial charge is 0.393 e. The third-order valence-corrected chi connectivity index (χ3v) is 3.41. The van der Waals surface area contributed by atoms with E-state index in [-0.39, 0.29) is 6.10 Å². The highest BCUT2D eigenvalue weighted by Gasteiger charge is 2.35. The molecule has 0 aromatic heterocycles. The maximum atomic E-state index is 9.83. The second-order valence-electron chi connectivity index (χ2n) is 4.43. The summed E-state index contributed by atoms with van der Waals surface area (Å²) in [5.41, 5.74) is 0. The second kappa shape index (κ2) is 3.35. The Morgan fingerprint density at radius 3 is 2.83 bits per heavy atom. The van der Waals surface area contributed by atoms with Gasteiger partial charge in [-0.25, -0.2) is 0 Å². The topological polar surface area (TPSA) is 32.3 Å². The van der Waals surface area contributed by atoms with Gasteiger partial charge in [0.1, 0.15) is 0 Å². The van der Waals surface area contributed by atoms with Crippen LogP contribution in [0.2, 0.25) is 0 Å². The van der Waals surface area contributed by atoms with Gasteiger partial charge in [0.25, 0.3) is 0 Å². The van der Waals surface area contributed by atoms with Crippen molar-refractivity contribution >= 4 is 0 Å². The van der Waals surface area contributed by atoms with Gasteiger partial charge >= 0.3 is 0 Å². The van der Waals surface area contributed by atoms with Crippen molar-refractivity contribution in [3.05, 3.63) is 0 Å². The summed E-state index contributed by atoms with van der Waals surface area (Å²) in [6, 6.07) is 1.12. The van der Waals surface area contributed by atoms with Gasteiger partial charge in [-0.05, 0) is 26.2 Å². The molecule has 0 spiro atoms. The maximum Gasteiger partial charge on any atom is 0.0598 e. The van der Waals surface area contributed by atoms with E-state index in [1.807, 2.05) is 0 Å². The molecular weight excluding hydrogens is 150 g/mol. The van der Waals surface area contributed by atoms with Crippen LogP contribution in [0.1, 0.15) is 39.0 Å². The smallest absolute Gasteiger partial charge is 0.0598 e. The first-order valence-electron chi connectivity index (χ1n) is 5.21. The predicted octanol–water partition coefficient (Wildman–Crippen LogP) is 1.29. The van der Waals surface area contributed by atoms with Crippen LogP contribution in [-0.2, 0) is 0 Å². The Morgan fingerprint density at radius 2 is 2.00 bits per heavy atom. The van der Waals surface area contributed by atoms with Gasteiger partial charge in [-0.2, -0.15) is 0 Å². The molecule has 2 N–H and O–H groups in total. The molecule has 2 rings (SSSR count). The van der Waals surface area contributed by atoms with Crippen molar-refractivity contribution in [1.29, 1.82) is 0 Å². The molecule has 0 unspecified atom stereocenters. The molecule has 1 heterocycles. The van der Waals surface area contributed by atoms with Gasteiger partial charge < -0.3 is 10.4 Å². The molecule has 2 nitrogen and oxygen atoms in total. The third-order valence-electron chi connectivity index (χ3n) is 3.41. The van der Waals surface area contributed by atoms with Gasteiger partial charge in [0.05, 0.1) is 6.10 Å². The van der Waals surface area contributed by atoms with Gasteiger partial charge in [-0.3, -0.25) is 0 Å². The highest BCUT2D eigenvalue weighted by Crippen LogP contribution is 2.32. The quantitative estimate of drug-likeness (QED) is 0.572. The minimum Gasteiger partial charge on any atom is -0.393 e. The lowest BCUT2D eigenvalue weighted by molar-refractivity contribution is 0.0163. The van der Waals surface area contributed by atoms with E-state index in [0.717, 1.165) is 6.42 Å². The van der Waals surface area contributed by atoms with E-state index in [0.29, 0.717) is 18.0 Å². The summed E-state index contributed by atoms with van der Waals surface area (Å²) in [6.45, 7) is 2.17. The molecule has 1 aliphatic carbocycles. The summed E-state index contributed by atoms with van der Waals surface area (Å²) >= 11 is 0. The Kier molecular flexibility index (Phi) is 2.37. The van der Waals surface area contributed by atoms with Crippen molar-refractivity contribution in [3.8, 4) is 0 Å². The van der Waals surface area contributed by atoms with Crippen molar-refractivity contribution < 1.29 is 5.11 Å². The van der Waals surface area contributed by atoms with Crippen molar-refractivity contribution in [2.75, 3.05) is 0 Å². The number of fused-ring (bicyclic) bond motifs is 1. The van der Waals surface area contributed by atoms with Gasteiger partial charge in [0.2, 0.25) is 0 Å². The molecule has 12 heavy (non-hydrogen) atoms. The number of nitrogens with one attached hydrogen (secondary N) is 1. The molecule has 0 aromatic carbocycles. The monoisotopic (exact) mass is 169 g/mol.